The fourth-order valence-corrected chi connectivity index (χ4v) is 2.09. The van der Waals surface area contributed by atoms with Gasteiger partial charge < -0.3 is 14.5 Å². The Labute approximate surface area is 99.6 Å². The lowest BCUT2D eigenvalue weighted by Gasteiger charge is -2.27. The second-order valence-corrected chi connectivity index (χ2v) is 4.63. The molecule has 0 atom stereocenters. The smallest absolute Gasteiger partial charge is 0.311 e. The van der Waals surface area contributed by atoms with E-state index in [0.717, 1.165) is 32.4 Å². The minimum absolute atomic E-state index is 0.170. The second-order valence-electron chi connectivity index (χ2n) is 4.63. The first-order chi connectivity index (χ1) is 8.13. The van der Waals surface area contributed by atoms with E-state index >= 15 is 0 Å². The molecule has 1 N–H and O–H groups in total. The first kappa shape index (κ1) is 12.0. The van der Waals surface area contributed by atoms with Gasteiger partial charge in [0, 0.05) is 6.42 Å². The molecule has 0 unspecified atom stereocenters. The molecule has 17 heavy (non-hydrogen) atoms. The van der Waals surface area contributed by atoms with Gasteiger partial charge in [0.15, 0.2) is 5.82 Å². The summed E-state index contributed by atoms with van der Waals surface area (Å²) in [5.41, 5.74) is 0. The molecule has 1 aliphatic heterocycles. The Hall–Kier alpha value is -1.43. The maximum absolute atomic E-state index is 10.5. The predicted molar refractivity (Wildman–Crippen MR) is 59.6 cm³/mol. The van der Waals surface area contributed by atoms with Crippen molar-refractivity contribution < 1.29 is 14.4 Å². The van der Waals surface area contributed by atoms with Crippen molar-refractivity contribution in [3.8, 4) is 0 Å². The normalized spacial score (nSPS) is 18.4. The molecule has 2 heterocycles. The van der Waals surface area contributed by atoms with Crippen LogP contribution in [-0.2, 0) is 17.6 Å². The Morgan fingerprint density at radius 2 is 2.24 bits per heavy atom. The van der Waals surface area contributed by atoms with Crippen LogP contribution in [0.3, 0.4) is 0 Å². The molecule has 94 valence electrons. The first-order valence-corrected chi connectivity index (χ1v) is 5.85. The van der Waals surface area contributed by atoms with Crippen LogP contribution in [0.2, 0.25) is 0 Å². The van der Waals surface area contributed by atoms with Gasteiger partial charge in [0.1, 0.15) is 6.42 Å². The van der Waals surface area contributed by atoms with E-state index < -0.39 is 5.97 Å². The number of nitrogens with zero attached hydrogens (tertiary/aromatic N) is 3. The molecule has 0 aliphatic carbocycles. The number of piperidine rings is 1. The molecule has 2 rings (SSSR count). The highest BCUT2D eigenvalue weighted by Crippen LogP contribution is 2.19. The molecule has 0 aromatic carbocycles. The summed E-state index contributed by atoms with van der Waals surface area (Å²) >= 11 is 0. The van der Waals surface area contributed by atoms with E-state index in [-0.39, 0.29) is 12.2 Å². The molecule has 1 fully saturated rings. The standard InChI is InChI=1S/C11H17N3O3/c1-14-4-2-8(3-5-14)6-10-12-9(13-17-10)7-11(15)16/h8H,2-7H2,1H3,(H,15,16). The van der Waals surface area contributed by atoms with Crippen LogP contribution < -0.4 is 0 Å². The zero-order valence-electron chi connectivity index (χ0n) is 9.93. The third kappa shape index (κ3) is 3.52. The quantitative estimate of drug-likeness (QED) is 0.828. The van der Waals surface area contributed by atoms with Gasteiger partial charge in [0.05, 0.1) is 0 Å². The van der Waals surface area contributed by atoms with Gasteiger partial charge in [0.2, 0.25) is 5.89 Å². The topological polar surface area (TPSA) is 79.5 Å². The zero-order chi connectivity index (χ0) is 12.3. The van der Waals surface area contributed by atoms with Gasteiger partial charge in [-0.25, -0.2) is 0 Å². The summed E-state index contributed by atoms with van der Waals surface area (Å²) in [7, 11) is 2.12. The van der Waals surface area contributed by atoms with Gasteiger partial charge >= 0.3 is 5.97 Å². The Balaban J connectivity index is 1.86. The van der Waals surface area contributed by atoms with Crippen molar-refractivity contribution in [3.63, 3.8) is 0 Å². The van der Waals surface area contributed by atoms with Crippen LogP contribution in [0.1, 0.15) is 24.6 Å². The minimum Gasteiger partial charge on any atom is -0.481 e. The first-order valence-electron chi connectivity index (χ1n) is 5.85. The van der Waals surface area contributed by atoms with Gasteiger partial charge in [-0.15, -0.1) is 0 Å². The molecule has 0 amide bonds. The Kier molecular flexibility index (Phi) is 3.73. The lowest BCUT2D eigenvalue weighted by molar-refractivity contribution is -0.136. The molecule has 0 bridgehead atoms. The molecule has 1 aromatic rings. The third-order valence-corrected chi connectivity index (χ3v) is 3.12. The summed E-state index contributed by atoms with van der Waals surface area (Å²) in [4.78, 5) is 16.9. The predicted octanol–water partition coefficient (Wildman–Crippen LogP) is 0.581. The highest BCUT2D eigenvalue weighted by atomic mass is 16.5. The van der Waals surface area contributed by atoms with Gasteiger partial charge in [-0.3, -0.25) is 4.79 Å². The van der Waals surface area contributed by atoms with E-state index in [1.165, 1.54) is 0 Å². The van der Waals surface area contributed by atoms with Crippen LogP contribution in [0.4, 0.5) is 0 Å². The molecular weight excluding hydrogens is 222 g/mol. The Bertz CT molecular complexity index is 383. The van der Waals surface area contributed by atoms with Crippen LogP contribution in [0, 0.1) is 5.92 Å². The van der Waals surface area contributed by atoms with Gasteiger partial charge in [-0.2, -0.15) is 4.98 Å². The number of hydrogen-bond acceptors (Lipinski definition) is 5. The number of aliphatic carboxylic acids is 1. The van der Waals surface area contributed by atoms with E-state index in [1.807, 2.05) is 0 Å². The molecular formula is C11H17N3O3. The lowest BCUT2D eigenvalue weighted by atomic mass is 9.94. The summed E-state index contributed by atoms with van der Waals surface area (Å²) in [5.74, 6) is 0.470. The summed E-state index contributed by atoms with van der Waals surface area (Å²) in [6, 6.07) is 0. The number of aromatic nitrogens is 2. The van der Waals surface area contributed by atoms with Crippen LogP contribution in [0.25, 0.3) is 0 Å². The van der Waals surface area contributed by atoms with Crippen molar-refractivity contribution in [2.24, 2.45) is 5.92 Å². The number of carboxylic acid groups (broad SMARTS) is 1. The van der Waals surface area contributed by atoms with Crippen molar-refractivity contribution >= 4 is 5.97 Å². The summed E-state index contributed by atoms with van der Waals surface area (Å²) in [6.45, 7) is 2.20. The van der Waals surface area contributed by atoms with Gasteiger partial charge in [-0.1, -0.05) is 5.16 Å². The van der Waals surface area contributed by atoms with Gasteiger partial charge in [0.25, 0.3) is 0 Å². The highest BCUT2D eigenvalue weighted by molar-refractivity contribution is 5.68. The highest BCUT2D eigenvalue weighted by Gasteiger charge is 2.20. The Morgan fingerprint density at radius 1 is 1.53 bits per heavy atom. The van der Waals surface area contributed by atoms with E-state index in [4.69, 9.17) is 9.63 Å². The summed E-state index contributed by atoms with van der Waals surface area (Å²) in [6.07, 6.45) is 2.86. The van der Waals surface area contributed by atoms with Crippen molar-refractivity contribution in [2.45, 2.75) is 25.7 Å². The number of rotatable bonds is 4. The molecule has 1 aromatic heterocycles. The number of carboxylic acids is 1. The van der Waals surface area contributed by atoms with Crippen LogP contribution in [-0.4, -0.2) is 46.3 Å². The Morgan fingerprint density at radius 3 is 2.88 bits per heavy atom. The van der Waals surface area contributed by atoms with Crippen LogP contribution in [0.15, 0.2) is 4.52 Å². The average molecular weight is 239 g/mol. The largest absolute Gasteiger partial charge is 0.481 e. The number of carbonyl (C=O) groups is 1. The lowest BCUT2D eigenvalue weighted by Crippen LogP contribution is -2.31. The van der Waals surface area contributed by atoms with Crippen molar-refractivity contribution in [1.82, 2.24) is 15.0 Å². The van der Waals surface area contributed by atoms with Crippen molar-refractivity contribution in [3.05, 3.63) is 11.7 Å². The molecule has 6 nitrogen and oxygen atoms in total. The van der Waals surface area contributed by atoms with E-state index in [2.05, 4.69) is 22.1 Å². The second kappa shape index (κ2) is 5.27. The summed E-state index contributed by atoms with van der Waals surface area (Å²) in [5, 5.41) is 12.3. The summed E-state index contributed by atoms with van der Waals surface area (Å²) < 4.78 is 5.06. The van der Waals surface area contributed by atoms with Crippen LogP contribution >= 0.6 is 0 Å². The fourth-order valence-electron chi connectivity index (χ4n) is 2.09. The van der Waals surface area contributed by atoms with E-state index in [0.29, 0.717) is 11.8 Å². The molecule has 1 aliphatic rings. The fraction of sp³-hybridized carbons (Fsp3) is 0.727. The zero-order valence-corrected chi connectivity index (χ0v) is 9.93. The maximum atomic E-state index is 10.5. The van der Waals surface area contributed by atoms with E-state index in [9.17, 15) is 4.79 Å². The maximum Gasteiger partial charge on any atom is 0.311 e. The third-order valence-electron chi connectivity index (χ3n) is 3.12. The minimum atomic E-state index is -0.934. The van der Waals surface area contributed by atoms with Crippen LogP contribution in [0.5, 0.6) is 0 Å². The molecule has 1 saturated heterocycles. The SMILES string of the molecule is CN1CCC(Cc2nc(CC(=O)O)no2)CC1. The number of likely N-dealkylation sites (tertiary alicyclic amines) is 1. The average Bonchev–Trinajstić information content (AvgIpc) is 2.68. The van der Waals surface area contributed by atoms with E-state index in [1.54, 1.807) is 0 Å². The van der Waals surface area contributed by atoms with Gasteiger partial charge in [-0.05, 0) is 38.9 Å². The van der Waals surface area contributed by atoms with Crippen molar-refractivity contribution in [1.29, 1.82) is 0 Å². The number of hydrogen-bond donors (Lipinski definition) is 1. The molecule has 0 saturated carbocycles. The molecule has 6 heteroatoms. The van der Waals surface area contributed by atoms with Crippen molar-refractivity contribution in [2.75, 3.05) is 20.1 Å². The molecule has 0 spiro atoms. The monoisotopic (exact) mass is 239 g/mol. The molecule has 0 radical (unpaired) electrons.